The summed E-state index contributed by atoms with van der Waals surface area (Å²) in [6.45, 7) is 3.96. The lowest BCUT2D eigenvalue weighted by Crippen LogP contribution is -2.61. The van der Waals surface area contributed by atoms with Crippen LogP contribution in [0.25, 0.3) is 0 Å². The van der Waals surface area contributed by atoms with Gasteiger partial charge in [0.05, 0.1) is 0 Å². The van der Waals surface area contributed by atoms with Crippen LogP contribution in [0.4, 0.5) is 5.69 Å². The molecule has 0 unspecified atom stereocenters. The second kappa shape index (κ2) is 5.61. The fourth-order valence-corrected chi connectivity index (χ4v) is 5.63. The summed E-state index contributed by atoms with van der Waals surface area (Å²) in [6.07, 6.45) is 7.14. The Morgan fingerprint density at radius 3 is 2.12 bits per heavy atom. The summed E-state index contributed by atoms with van der Waals surface area (Å²) in [5, 5.41) is 5.91. The van der Waals surface area contributed by atoms with Crippen molar-refractivity contribution in [3.05, 3.63) is 29.3 Å². The van der Waals surface area contributed by atoms with E-state index in [1.54, 1.807) is 0 Å². The molecule has 4 aliphatic rings. The van der Waals surface area contributed by atoms with Gasteiger partial charge in [-0.3, -0.25) is 9.59 Å². The summed E-state index contributed by atoms with van der Waals surface area (Å²) in [6, 6.07) is 5.74. The lowest BCUT2D eigenvalue weighted by atomic mass is 9.53. The minimum Gasteiger partial charge on any atom is -0.342 e. The van der Waals surface area contributed by atoms with Crippen LogP contribution in [0.1, 0.15) is 49.7 Å². The van der Waals surface area contributed by atoms with Gasteiger partial charge in [0, 0.05) is 11.2 Å². The number of carbonyl (C=O) groups excluding carboxylic acids is 2. The zero-order valence-corrected chi connectivity index (χ0v) is 14.5. The van der Waals surface area contributed by atoms with Crippen LogP contribution in [0.5, 0.6) is 0 Å². The molecule has 0 spiro atoms. The summed E-state index contributed by atoms with van der Waals surface area (Å²) < 4.78 is 0. The molecule has 0 aliphatic heterocycles. The minimum atomic E-state index is -0.542. The molecule has 2 amide bonds. The molecule has 4 nitrogen and oxygen atoms in total. The van der Waals surface area contributed by atoms with E-state index in [1.165, 1.54) is 19.3 Å². The third-order valence-corrected chi connectivity index (χ3v) is 6.48. The maximum atomic E-state index is 12.5. The number of carbonyl (C=O) groups is 2. The number of rotatable bonds is 2. The third kappa shape index (κ3) is 2.72. The Hall–Kier alpha value is -1.84. The lowest BCUT2D eigenvalue weighted by molar-refractivity contribution is -0.139. The van der Waals surface area contributed by atoms with Crippen LogP contribution in [-0.2, 0) is 9.59 Å². The van der Waals surface area contributed by atoms with Gasteiger partial charge in [-0.05, 0) is 87.3 Å². The van der Waals surface area contributed by atoms with Gasteiger partial charge in [0.2, 0.25) is 0 Å². The van der Waals surface area contributed by atoms with Crippen LogP contribution in [-0.4, -0.2) is 17.4 Å². The number of hydrogen-bond donors (Lipinski definition) is 2. The average molecular weight is 326 g/mol. The van der Waals surface area contributed by atoms with Crippen LogP contribution in [0.3, 0.4) is 0 Å². The molecule has 4 bridgehead atoms. The molecule has 4 fully saturated rings. The molecule has 2 N–H and O–H groups in total. The highest BCUT2D eigenvalue weighted by atomic mass is 16.2. The molecule has 0 heterocycles. The van der Waals surface area contributed by atoms with Gasteiger partial charge in [0.15, 0.2) is 0 Å². The van der Waals surface area contributed by atoms with Crippen LogP contribution in [0.15, 0.2) is 18.2 Å². The number of benzene rings is 1. The number of hydrogen-bond acceptors (Lipinski definition) is 2. The van der Waals surface area contributed by atoms with Crippen LogP contribution in [0.2, 0.25) is 0 Å². The van der Waals surface area contributed by atoms with E-state index in [0.717, 1.165) is 53.8 Å². The molecule has 1 aromatic rings. The topological polar surface area (TPSA) is 58.2 Å². The molecular weight excluding hydrogens is 300 g/mol. The van der Waals surface area contributed by atoms with Crippen molar-refractivity contribution < 1.29 is 9.59 Å². The Bertz CT molecular complexity index is 660. The molecule has 5 rings (SSSR count). The van der Waals surface area contributed by atoms with Gasteiger partial charge in [-0.15, -0.1) is 0 Å². The molecule has 128 valence electrons. The summed E-state index contributed by atoms with van der Waals surface area (Å²) in [7, 11) is 0. The van der Waals surface area contributed by atoms with E-state index in [2.05, 4.69) is 10.6 Å². The summed E-state index contributed by atoms with van der Waals surface area (Å²) in [5.41, 5.74) is 2.72. The van der Waals surface area contributed by atoms with E-state index in [0.29, 0.717) is 0 Å². The van der Waals surface area contributed by atoms with Crippen molar-refractivity contribution in [2.24, 2.45) is 17.8 Å². The van der Waals surface area contributed by atoms with Gasteiger partial charge >= 0.3 is 11.8 Å². The smallest absolute Gasteiger partial charge is 0.313 e. The maximum absolute atomic E-state index is 12.5. The van der Waals surface area contributed by atoms with Gasteiger partial charge in [-0.2, -0.15) is 0 Å². The molecule has 0 atom stereocenters. The average Bonchev–Trinajstić information content (AvgIpc) is 2.50. The van der Waals surface area contributed by atoms with Gasteiger partial charge in [0.25, 0.3) is 0 Å². The standard InChI is InChI=1S/C20H26N2O2/c1-12-4-3-5-17(13(12)2)21-18(23)19(24)22-20-9-14-6-15(10-20)8-16(7-14)11-20/h3-5,14-16H,6-11H2,1-2H3,(H,21,23)(H,22,24). The van der Waals surface area contributed by atoms with Gasteiger partial charge in [-0.25, -0.2) is 0 Å². The van der Waals surface area contributed by atoms with Gasteiger partial charge in [-0.1, -0.05) is 12.1 Å². The first kappa shape index (κ1) is 15.7. The van der Waals surface area contributed by atoms with Crippen molar-refractivity contribution in [1.82, 2.24) is 5.32 Å². The van der Waals surface area contributed by atoms with Crippen molar-refractivity contribution in [2.45, 2.75) is 57.9 Å². The first-order valence-corrected chi connectivity index (χ1v) is 9.14. The second-order valence-corrected chi connectivity index (χ2v) is 8.35. The normalized spacial score (nSPS) is 33.3. The van der Waals surface area contributed by atoms with Crippen molar-refractivity contribution in [2.75, 3.05) is 5.32 Å². The Kier molecular flexibility index (Phi) is 3.66. The van der Waals surface area contributed by atoms with Crippen molar-refractivity contribution in [3.63, 3.8) is 0 Å². The molecule has 24 heavy (non-hydrogen) atoms. The second-order valence-electron chi connectivity index (χ2n) is 8.35. The molecule has 4 saturated carbocycles. The Morgan fingerprint density at radius 2 is 1.54 bits per heavy atom. The van der Waals surface area contributed by atoms with E-state index in [4.69, 9.17) is 0 Å². The quantitative estimate of drug-likeness (QED) is 0.819. The molecular formula is C20H26N2O2. The maximum Gasteiger partial charge on any atom is 0.313 e. The summed E-state index contributed by atoms with van der Waals surface area (Å²) >= 11 is 0. The zero-order chi connectivity index (χ0) is 16.9. The Balaban J connectivity index is 1.44. The first-order valence-electron chi connectivity index (χ1n) is 9.14. The summed E-state index contributed by atoms with van der Waals surface area (Å²) in [5.74, 6) is 1.23. The van der Waals surface area contributed by atoms with E-state index < -0.39 is 11.8 Å². The largest absolute Gasteiger partial charge is 0.342 e. The highest BCUT2D eigenvalue weighted by Crippen LogP contribution is 2.55. The molecule has 0 aromatic heterocycles. The fourth-order valence-electron chi connectivity index (χ4n) is 5.63. The van der Waals surface area contributed by atoms with Crippen LogP contribution in [0, 0.1) is 31.6 Å². The number of nitrogens with one attached hydrogen (secondary N) is 2. The summed E-state index contributed by atoms with van der Waals surface area (Å²) in [4.78, 5) is 24.9. The zero-order valence-electron chi connectivity index (χ0n) is 14.5. The predicted octanol–water partition coefficient (Wildman–Crippen LogP) is 3.33. The molecule has 4 aliphatic carbocycles. The van der Waals surface area contributed by atoms with E-state index in [-0.39, 0.29) is 5.54 Å². The first-order chi connectivity index (χ1) is 11.4. The molecule has 1 aromatic carbocycles. The van der Waals surface area contributed by atoms with E-state index >= 15 is 0 Å². The van der Waals surface area contributed by atoms with Gasteiger partial charge < -0.3 is 10.6 Å². The van der Waals surface area contributed by atoms with Crippen molar-refractivity contribution >= 4 is 17.5 Å². The number of aryl methyl sites for hydroxylation is 1. The highest BCUT2D eigenvalue weighted by Gasteiger charge is 2.51. The predicted molar refractivity (Wildman–Crippen MR) is 93.6 cm³/mol. The highest BCUT2D eigenvalue weighted by molar-refractivity contribution is 6.39. The van der Waals surface area contributed by atoms with E-state index in [9.17, 15) is 9.59 Å². The fraction of sp³-hybridized carbons (Fsp3) is 0.600. The third-order valence-electron chi connectivity index (χ3n) is 6.48. The van der Waals surface area contributed by atoms with Crippen LogP contribution >= 0.6 is 0 Å². The monoisotopic (exact) mass is 326 g/mol. The number of anilines is 1. The number of amides is 2. The lowest BCUT2D eigenvalue weighted by Gasteiger charge is -2.56. The van der Waals surface area contributed by atoms with Gasteiger partial charge in [0.1, 0.15) is 0 Å². The SMILES string of the molecule is Cc1cccc(NC(=O)C(=O)NC23CC4CC(CC(C4)C2)C3)c1C. The molecule has 0 radical (unpaired) electrons. The van der Waals surface area contributed by atoms with E-state index in [1.807, 2.05) is 32.0 Å². The Labute approximate surface area is 143 Å². The van der Waals surface area contributed by atoms with Crippen LogP contribution < -0.4 is 10.6 Å². The van der Waals surface area contributed by atoms with Crippen molar-refractivity contribution in [1.29, 1.82) is 0 Å². The van der Waals surface area contributed by atoms with Crippen molar-refractivity contribution in [3.8, 4) is 0 Å². The minimum absolute atomic E-state index is 0.120. The molecule has 4 heteroatoms. The molecule has 0 saturated heterocycles. The Morgan fingerprint density at radius 1 is 0.958 bits per heavy atom.